The van der Waals surface area contributed by atoms with Crippen LogP contribution < -0.4 is 5.11 Å². The minimum Gasteiger partial charge on any atom is -0.550 e. The van der Waals surface area contributed by atoms with Gasteiger partial charge in [-0.15, -0.1) is 0 Å². The highest BCUT2D eigenvalue weighted by Crippen LogP contribution is 2.30. The lowest BCUT2D eigenvalue weighted by molar-refractivity contribution is -0.305. The molecule has 0 N–H and O–H groups in total. The molecule has 1 aromatic rings. The summed E-state index contributed by atoms with van der Waals surface area (Å²) in [4.78, 5) is 35.0. The number of hydrogen-bond donors (Lipinski definition) is 0. The van der Waals surface area contributed by atoms with E-state index in [0.29, 0.717) is 0 Å². The third-order valence-electron chi connectivity index (χ3n) is 2.54. The summed E-state index contributed by atoms with van der Waals surface area (Å²) in [5.74, 6) is -1.78. The molecule has 18 heavy (non-hydrogen) atoms. The van der Waals surface area contributed by atoms with E-state index in [1.54, 1.807) is 12.1 Å². The van der Waals surface area contributed by atoms with Crippen molar-refractivity contribution in [2.24, 2.45) is 0 Å². The van der Waals surface area contributed by atoms with Gasteiger partial charge >= 0.3 is 0 Å². The van der Waals surface area contributed by atoms with E-state index in [4.69, 9.17) is 0 Å². The Bertz CT molecular complexity index is 488. The lowest BCUT2D eigenvalue weighted by Gasteiger charge is -2.13. The van der Waals surface area contributed by atoms with Gasteiger partial charge in [-0.05, 0) is 5.56 Å². The average Bonchev–Trinajstić information content (AvgIpc) is 2.58. The number of aliphatic carboxylic acids is 1. The summed E-state index contributed by atoms with van der Waals surface area (Å²) < 4.78 is 0. The summed E-state index contributed by atoms with van der Waals surface area (Å²) in [6, 6.07) is 9.07. The number of benzene rings is 1. The molecule has 0 saturated carbocycles. The van der Waals surface area contributed by atoms with Gasteiger partial charge in [0.15, 0.2) is 0 Å². The predicted molar refractivity (Wildman–Crippen MR) is 63.4 cm³/mol. The maximum atomic E-state index is 11.8. The topological polar surface area (TPSA) is 77.5 Å². The molecular weight excluding hydrogens is 254 g/mol. The van der Waals surface area contributed by atoms with Gasteiger partial charge < -0.3 is 9.90 Å². The van der Waals surface area contributed by atoms with Crippen molar-refractivity contribution >= 4 is 28.9 Å². The number of imide groups is 1. The van der Waals surface area contributed by atoms with Crippen LogP contribution in [0.15, 0.2) is 30.3 Å². The molecule has 0 spiro atoms. The molecule has 0 aliphatic carbocycles. The Morgan fingerprint density at radius 2 is 1.94 bits per heavy atom. The highest BCUT2D eigenvalue weighted by atomic mass is 32.2. The molecular formula is C12H10NO4S-. The second kappa shape index (κ2) is 5.22. The van der Waals surface area contributed by atoms with Gasteiger partial charge in [-0.3, -0.25) is 14.5 Å². The fourth-order valence-corrected chi connectivity index (χ4v) is 2.66. The normalized spacial score (nSPS) is 19.3. The molecule has 0 unspecified atom stereocenters. The smallest absolute Gasteiger partial charge is 0.289 e. The summed E-state index contributed by atoms with van der Waals surface area (Å²) in [5, 5.41) is 9.20. The number of rotatable bonds is 4. The molecule has 2 rings (SSSR count). The number of hydrogen-bond acceptors (Lipinski definition) is 5. The molecule has 1 aliphatic rings. The van der Waals surface area contributed by atoms with Crippen molar-refractivity contribution in [1.29, 1.82) is 0 Å². The minimum absolute atomic E-state index is 0.176. The Morgan fingerprint density at radius 1 is 1.28 bits per heavy atom. The number of carboxylic acid groups (broad SMARTS) is 1. The molecule has 2 amide bonds. The van der Waals surface area contributed by atoms with E-state index in [9.17, 15) is 19.5 Å². The molecule has 0 aromatic heterocycles. The van der Waals surface area contributed by atoms with Crippen molar-refractivity contribution in [2.75, 3.05) is 0 Å². The number of nitrogens with zero attached hydrogens (tertiary/aromatic N) is 1. The van der Waals surface area contributed by atoms with E-state index < -0.39 is 28.8 Å². The van der Waals surface area contributed by atoms with Crippen molar-refractivity contribution in [2.45, 2.75) is 18.2 Å². The number of thioether (sulfide) groups is 1. The molecule has 1 heterocycles. The van der Waals surface area contributed by atoms with Gasteiger partial charge in [0.2, 0.25) is 5.91 Å². The average molecular weight is 264 g/mol. The lowest BCUT2D eigenvalue weighted by atomic mass is 10.2. The van der Waals surface area contributed by atoms with E-state index in [0.717, 1.165) is 22.2 Å². The predicted octanol–water partition coefficient (Wildman–Crippen LogP) is 0.391. The second-order valence-electron chi connectivity index (χ2n) is 3.86. The first-order valence-electron chi connectivity index (χ1n) is 5.33. The van der Waals surface area contributed by atoms with E-state index in [2.05, 4.69) is 0 Å². The molecule has 1 aliphatic heterocycles. The molecule has 1 fully saturated rings. The Morgan fingerprint density at radius 3 is 2.56 bits per heavy atom. The van der Waals surface area contributed by atoms with E-state index in [1.165, 1.54) is 0 Å². The van der Waals surface area contributed by atoms with Crippen LogP contribution >= 0.6 is 11.8 Å². The molecule has 94 valence electrons. The third-order valence-corrected chi connectivity index (χ3v) is 3.62. The second-order valence-corrected chi connectivity index (χ2v) is 5.01. The van der Waals surface area contributed by atoms with Crippen molar-refractivity contribution in [3.8, 4) is 0 Å². The summed E-state index contributed by atoms with van der Waals surface area (Å²) in [7, 11) is 0. The van der Waals surface area contributed by atoms with Gasteiger partial charge in [-0.1, -0.05) is 42.1 Å². The lowest BCUT2D eigenvalue weighted by Crippen LogP contribution is -2.34. The number of carboxylic acids is 1. The van der Waals surface area contributed by atoms with Crippen molar-refractivity contribution in [3.63, 3.8) is 0 Å². The van der Waals surface area contributed by atoms with Crippen molar-refractivity contribution in [1.82, 2.24) is 4.90 Å². The van der Waals surface area contributed by atoms with Crippen LogP contribution in [-0.4, -0.2) is 27.3 Å². The van der Waals surface area contributed by atoms with Gasteiger partial charge in [0.25, 0.3) is 5.24 Å². The van der Waals surface area contributed by atoms with Gasteiger partial charge in [0, 0.05) is 12.4 Å². The standard InChI is InChI=1S/C12H11NO4S/c14-10(15)6-9-11(16)13(12(17)18-9)7-8-4-2-1-3-5-8/h1-5,9H,6-7H2,(H,14,15)/p-1/t9-/m0/s1. The van der Waals surface area contributed by atoms with Gasteiger partial charge in [0.1, 0.15) is 0 Å². The number of carbonyl (C=O) groups is 3. The maximum Gasteiger partial charge on any atom is 0.289 e. The van der Waals surface area contributed by atoms with Crippen molar-refractivity contribution < 1.29 is 19.5 Å². The monoisotopic (exact) mass is 264 g/mol. The van der Waals surface area contributed by atoms with Crippen LogP contribution in [0.25, 0.3) is 0 Å². The molecule has 1 atom stereocenters. The Kier molecular flexibility index (Phi) is 3.66. The quantitative estimate of drug-likeness (QED) is 0.786. The Hall–Kier alpha value is -1.82. The summed E-state index contributed by atoms with van der Waals surface area (Å²) in [5.41, 5.74) is 0.828. The Labute approximate surface area is 108 Å². The fourth-order valence-electron chi connectivity index (χ4n) is 1.69. The zero-order valence-electron chi connectivity index (χ0n) is 9.37. The molecule has 1 saturated heterocycles. The number of amides is 2. The summed E-state index contributed by atoms with van der Waals surface area (Å²) >= 11 is 0.746. The zero-order chi connectivity index (χ0) is 13.1. The van der Waals surface area contributed by atoms with Crippen molar-refractivity contribution in [3.05, 3.63) is 35.9 Å². The van der Waals surface area contributed by atoms with E-state index in [-0.39, 0.29) is 6.54 Å². The highest BCUT2D eigenvalue weighted by molar-refractivity contribution is 8.15. The zero-order valence-corrected chi connectivity index (χ0v) is 10.2. The van der Waals surface area contributed by atoms with Gasteiger partial charge in [0.05, 0.1) is 11.8 Å². The van der Waals surface area contributed by atoms with Crippen LogP contribution in [0, 0.1) is 0 Å². The van der Waals surface area contributed by atoms with Crippen LogP contribution in [-0.2, 0) is 16.1 Å². The van der Waals surface area contributed by atoms with E-state index in [1.807, 2.05) is 18.2 Å². The maximum absolute atomic E-state index is 11.8. The summed E-state index contributed by atoms with van der Waals surface area (Å²) in [6.45, 7) is 0.176. The van der Waals surface area contributed by atoms with Crippen LogP contribution in [0.3, 0.4) is 0 Å². The molecule has 0 bridgehead atoms. The highest BCUT2D eigenvalue weighted by Gasteiger charge is 2.39. The molecule has 0 radical (unpaired) electrons. The van der Waals surface area contributed by atoms with Gasteiger partial charge in [-0.25, -0.2) is 0 Å². The SMILES string of the molecule is O=C([O-])C[C@@H]1SC(=O)N(Cc2ccccc2)C1=O. The first-order chi connectivity index (χ1) is 8.58. The van der Waals surface area contributed by atoms with Crippen LogP contribution in [0.5, 0.6) is 0 Å². The molecule has 5 nitrogen and oxygen atoms in total. The molecule has 6 heteroatoms. The fraction of sp³-hybridized carbons (Fsp3) is 0.250. The van der Waals surface area contributed by atoms with Gasteiger partial charge in [-0.2, -0.15) is 0 Å². The summed E-state index contributed by atoms with van der Waals surface area (Å²) in [6.07, 6.45) is -0.430. The first-order valence-corrected chi connectivity index (χ1v) is 6.21. The third kappa shape index (κ3) is 2.70. The number of carbonyl (C=O) groups excluding carboxylic acids is 3. The van der Waals surface area contributed by atoms with Crippen LogP contribution in [0.1, 0.15) is 12.0 Å². The largest absolute Gasteiger partial charge is 0.550 e. The van der Waals surface area contributed by atoms with Crippen LogP contribution in [0.4, 0.5) is 4.79 Å². The first kappa shape index (κ1) is 12.6. The minimum atomic E-state index is -1.32. The van der Waals surface area contributed by atoms with E-state index >= 15 is 0 Å². The molecule has 1 aromatic carbocycles. The Balaban J connectivity index is 2.08. The van der Waals surface area contributed by atoms with Crippen LogP contribution in [0.2, 0.25) is 0 Å².